The number of anilines is 4. The van der Waals surface area contributed by atoms with Gasteiger partial charge in [-0.05, 0) is 55.5 Å². The van der Waals surface area contributed by atoms with Crippen molar-refractivity contribution < 1.29 is 19.6 Å². The van der Waals surface area contributed by atoms with E-state index in [-0.39, 0.29) is 21.6 Å². The summed E-state index contributed by atoms with van der Waals surface area (Å²) in [5, 5.41) is 27.4. The smallest absolute Gasteiger partial charge is 0.283 e. The summed E-state index contributed by atoms with van der Waals surface area (Å²) in [6.07, 6.45) is 0. The van der Waals surface area contributed by atoms with Gasteiger partial charge in [-0.2, -0.15) is 0 Å². The Labute approximate surface area is 231 Å². The zero-order valence-electron chi connectivity index (χ0n) is 20.2. The van der Waals surface area contributed by atoms with Crippen molar-refractivity contribution in [1.82, 2.24) is 4.98 Å². The minimum atomic E-state index is -0.625. The number of benzene rings is 3. The quantitative estimate of drug-likeness (QED) is 0.199. The van der Waals surface area contributed by atoms with Crippen LogP contribution in [0.1, 0.15) is 15.9 Å². The lowest BCUT2D eigenvalue weighted by molar-refractivity contribution is -0.120. The van der Waals surface area contributed by atoms with E-state index in [9.17, 15) is 19.6 Å². The molecule has 1 aliphatic rings. The Hall–Kier alpha value is -4.55. The second-order valence-corrected chi connectivity index (χ2v) is 9.72. The monoisotopic (exact) mass is 560 g/mol. The van der Waals surface area contributed by atoms with Crippen molar-refractivity contribution in [2.45, 2.75) is 6.92 Å². The number of imide groups is 1. The van der Waals surface area contributed by atoms with Gasteiger partial charge in [0.2, 0.25) is 0 Å². The highest BCUT2D eigenvalue weighted by atomic mass is 35.5. The molecule has 39 heavy (non-hydrogen) atoms. The molecule has 0 saturated carbocycles. The third kappa shape index (κ3) is 5.38. The number of aryl methyl sites for hydroxylation is 1. The maximum absolute atomic E-state index is 13.0. The first kappa shape index (κ1) is 26.1. The number of hydrogen-bond donors (Lipinski definition) is 3. The molecule has 3 N–H and O–H groups in total. The number of halogens is 1. The predicted molar refractivity (Wildman–Crippen MR) is 150 cm³/mol. The van der Waals surface area contributed by atoms with E-state index < -0.39 is 17.7 Å². The predicted octanol–water partition coefficient (Wildman–Crippen LogP) is 5.50. The largest absolute Gasteiger partial charge is 0.733 e. The van der Waals surface area contributed by atoms with Crippen LogP contribution in [-0.4, -0.2) is 27.9 Å². The van der Waals surface area contributed by atoms with Crippen LogP contribution in [0.5, 0.6) is 0 Å². The maximum atomic E-state index is 13.0. The van der Waals surface area contributed by atoms with E-state index in [1.165, 1.54) is 23.5 Å². The van der Waals surface area contributed by atoms with Crippen molar-refractivity contribution in [3.05, 3.63) is 105 Å². The van der Waals surface area contributed by atoms with Gasteiger partial charge in [0.05, 0.1) is 17.1 Å². The van der Waals surface area contributed by atoms with Gasteiger partial charge in [0.15, 0.2) is 5.13 Å². The fraction of sp³-hybridized carbons (Fsp3) is 0.0370. The lowest BCUT2D eigenvalue weighted by atomic mass is 10.1. The third-order valence-electron chi connectivity index (χ3n) is 5.82. The lowest BCUT2D eigenvalue weighted by Gasteiger charge is -2.21. The molecule has 0 atom stereocenters. The van der Waals surface area contributed by atoms with Crippen molar-refractivity contribution in [3.63, 3.8) is 0 Å². The normalized spacial score (nSPS) is 13.2. The highest BCUT2D eigenvalue weighted by molar-refractivity contribution is 7.14. The Bertz CT molecular complexity index is 1620. The van der Waals surface area contributed by atoms with E-state index in [1.54, 1.807) is 66.0 Å². The van der Waals surface area contributed by atoms with Crippen LogP contribution in [-0.2, 0) is 9.59 Å². The number of amides is 3. The number of carbonyl (C=O) groups excluding carboxylic acids is 3. The van der Waals surface area contributed by atoms with Gasteiger partial charge in [-0.15, -0.1) is 11.3 Å². The number of carbonyl (C=O) groups is 3. The molecule has 1 aliphatic heterocycles. The summed E-state index contributed by atoms with van der Waals surface area (Å²) in [6.45, 7) is 1.90. The molecule has 0 radical (unpaired) electrons. The molecule has 0 fully saturated rings. The third-order valence-corrected chi connectivity index (χ3v) is 6.93. The molecule has 4 aromatic rings. The van der Waals surface area contributed by atoms with E-state index in [1.807, 2.05) is 6.92 Å². The highest BCUT2D eigenvalue weighted by Gasteiger charge is 2.38. The van der Waals surface area contributed by atoms with E-state index in [4.69, 9.17) is 16.8 Å². The molecule has 1 aromatic heterocycles. The number of hydrogen-bond acceptors (Lipinski definition) is 9. The number of rotatable bonds is 7. The van der Waals surface area contributed by atoms with Crippen LogP contribution in [0.25, 0.3) is 11.3 Å². The van der Waals surface area contributed by atoms with Crippen molar-refractivity contribution in [1.29, 1.82) is 0 Å². The average molecular weight is 561 g/mol. The van der Waals surface area contributed by atoms with Crippen molar-refractivity contribution >= 4 is 62.9 Å². The molecule has 0 aliphatic carbocycles. The molecule has 0 unspecified atom stereocenters. The number of nitrogens with one attached hydrogen (secondary N) is 2. The first-order valence-electron chi connectivity index (χ1n) is 11.5. The van der Waals surface area contributed by atoms with Crippen LogP contribution in [0, 0.1) is 12.1 Å². The van der Waals surface area contributed by atoms with Gasteiger partial charge in [0.1, 0.15) is 10.7 Å². The first-order chi connectivity index (χ1) is 18.7. The lowest BCUT2D eigenvalue weighted by Crippen LogP contribution is -2.32. The fourth-order valence-corrected chi connectivity index (χ4v) is 4.73. The van der Waals surface area contributed by atoms with Gasteiger partial charge in [-0.1, -0.05) is 41.4 Å². The molecule has 10 nitrogen and oxygen atoms in total. The zero-order valence-corrected chi connectivity index (χ0v) is 21.8. The average Bonchev–Trinajstić information content (AvgIpc) is 3.48. The first-order valence-corrected chi connectivity index (χ1v) is 12.7. The van der Waals surface area contributed by atoms with Crippen molar-refractivity contribution in [2.24, 2.45) is 0 Å². The summed E-state index contributed by atoms with van der Waals surface area (Å²) in [6, 6.07) is 19.5. The Morgan fingerprint density at radius 3 is 2.46 bits per heavy atom. The van der Waals surface area contributed by atoms with Gasteiger partial charge in [0, 0.05) is 22.2 Å². The molecule has 0 spiro atoms. The molecule has 196 valence electrons. The summed E-state index contributed by atoms with van der Waals surface area (Å²) in [4.78, 5) is 43.7. The van der Waals surface area contributed by atoms with E-state index >= 15 is 0 Å². The van der Waals surface area contributed by atoms with Crippen molar-refractivity contribution in [3.8, 4) is 11.3 Å². The Morgan fingerprint density at radius 1 is 1.05 bits per heavy atom. The molecule has 2 heterocycles. The molecule has 3 amide bonds. The van der Waals surface area contributed by atoms with Gasteiger partial charge in [-0.3, -0.25) is 24.9 Å². The molecule has 12 heteroatoms. The standard InChI is InChI=1S/C27H19ClN5O5S/c1-15-5-11-19(12-6-15)32-25(35)22(28)23(26(32)36)29-18-9-7-16(8-10-18)24(34)31-27-30-21(14-39-27)17-3-2-4-20(13-17)33(37)38/h2-14,29,37H,1H3,(H,30,31,34)/q-1. The SMILES string of the molecule is Cc1ccc(N2C(=O)C(Cl)=C(Nc3ccc(C(=O)Nc4nc(-c5cccc(N([O-])O)c5)cs4)cc3)C2=O)cc1. The Kier molecular flexibility index (Phi) is 7.13. The fourth-order valence-electron chi connectivity index (χ4n) is 3.81. The maximum Gasteiger partial charge on any atom is 0.283 e. The molecule has 5 rings (SSSR count). The summed E-state index contributed by atoms with van der Waals surface area (Å²) in [5.41, 5.74) is 3.32. The summed E-state index contributed by atoms with van der Waals surface area (Å²) in [7, 11) is 0. The van der Waals surface area contributed by atoms with Crippen LogP contribution in [0.15, 0.2) is 88.9 Å². The van der Waals surface area contributed by atoms with Crippen LogP contribution in [0.2, 0.25) is 0 Å². The topological polar surface area (TPSA) is 138 Å². The summed E-state index contributed by atoms with van der Waals surface area (Å²) in [5.74, 6) is -1.62. The Morgan fingerprint density at radius 2 is 1.77 bits per heavy atom. The van der Waals surface area contributed by atoms with E-state index in [2.05, 4.69) is 15.6 Å². The number of thiazole rings is 1. The molecular formula is C27H19ClN5O5S-. The van der Waals surface area contributed by atoms with Gasteiger partial charge < -0.3 is 15.8 Å². The van der Waals surface area contributed by atoms with Crippen LogP contribution >= 0.6 is 22.9 Å². The minimum absolute atomic E-state index is 0.0554. The molecule has 0 bridgehead atoms. The van der Waals surface area contributed by atoms with E-state index in [0.29, 0.717) is 33.3 Å². The Balaban J connectivity index is 1.25. The van der Waals surface area contributed by atoms with Gasteiger partial charge in [-0.25, -0.2) is 9.88 Å². The van der Waals surface area contributed by atoms with Crippen LogP contribution in [0.3, 0.4) is 0 Å². The summed E-state index contributed by atoms with van der Waals surface area (Å²) >= 11 is 7.40. The summed E-state index contributed by atoms with van der Waals surface area (Å²) < 4.78 is 0. The van der Waals surface area contributed by atoms with Gasteiger partial charge >= 0.3 is 0 Å². The zero-order chi connectivity index (χ0) is 27.7. The van der Waals surface area contributed by atoms with Crippen LogP contribution in [0.4, 0.5) is 22.2 Å². The molecule has 0 saturated heterocycles. The highest BCUT2D eigenvalue weighted by Crippen LogP contribution is 2.31. The second kappa shape index (κ2) is 10.7. The molecular weight excluding hydrogens is 542 g/mol. The number of aromatic nitrogens is 1. The van der Waals surface area contributed by atoms with E-state index in [0.717, 1.165) is 10.5 Å². The van der Waals surface area contributed by atoms with Crippen molar-refractivity contribution in [2.75, 3.05) is 20.8 Å². The van der Waals surface area contributed by atoms with Gasteiger partial charge in [0.25, 0.3) is 17.7 Å². The number of nitrogens with zero attached hydrogens (tertiary/aromatic N) is 3. The van der Waals surface area contributed by atoms with Crippen LogP contribution < -0.4 is 20.8 Å². The minimum Gasteiger partial charge on any atom is -0.733 e. The molecule has 3 aromatic carbocycles. The second-order valence-electron chi connectivity index (χ2n) is 8.49.